The summed E-state index contributed by atoms with van der Waals surface area (Å²) in [6.07, 6.45) is 0. The van der Waals surface area contributed by atoms with Crippen LogP contribution in [0, 0.1) is 0 Å². The van der Waals surface area contributed by atoms with Crippen molar-refractivity contribution >= 4 is 63.0 Å². The van der Waals surface area contributed by atoms with Crippen molar-refractivity contribution < 1.29 is 0 Å². The van der Waals surface area contributed by atoms with Gasteiger partial charge in [-0.05, 0) is 69.8 Å². The summed E-state index contributed by atoms with van der Waals surface area (Å²) >= 11 is 3.71. The number of aromatic nitrogens is 2. The first-order valence-corrected chi connectivity index (χ1v) is 20.4. The molecule has 0 saturated heterocycles. The van der Waals surface area contributed by atoms with Crippen LogP contribution in [0.1, 0.15) is 0 Å². The first kappa shape index (κ1) is 32.7. The van der Waals surface area contributed by atoms with Gasteiger partial charge in [0, 0.05) is 57.0 Å². The minimum atomic E-state index is 0.701. The molecule has 11 rings (SSSR count). The van der Waals surface area contributed by atoms with Crippen molar-refractivity contribution in [3.05, 3.63) is 194 Å². The van der Waals surface area contributed by atoms with E-state index < -0.39 is 0 Å². The molecule has 0 unspecified atom stereocenters. The second-order valence-corrected chi connectivity index (χ2v) is 16.3. The second-order valence-electron chi connectivity index (χ2n) is 14.1. The van der Waals surface area contributed by atoms with Crippen molar-refractivity contribution in [1.29, 1.82) is 0 Å². The fourth-order valence-corrected chi connectivity index (χ4v) is 10.3. The van der Waals surface area contributed by atoms with Gasteiger partial charge < -0.3 is 0 Å². The smallest absolute Gasteiger partial charge is 0.160 e. The van der Waals surface area contributed by atoms with Gasteiger partial charge in [-0.25, -0.2) is 9.97 Å². The molecule has 11 aromatic rings. The molecule has 0 fully saturated rings. The van der Waals surface area contributed by atoms with Gasteiger partial charge in [0.2, 0.25) is 0 Å². The molecule has 0 aliphatic rings. The zero-order valence-corrected chi connectivity index (χ0v) is 31.8. The highest BCUT2D eigenvalue weighted by Gasteiger charge is 2.15. The van der Waals surface area contributed by atoms with E-state index in [2.05, 4.69) is 194 Å². The third-order valence-electron chi connectivity index (χ3n) is 10.7. The Kier molecular flexibility index (Phi) is 7.90. The average Bonchev–Trinajstić information content (AvgIpc) is 3.86. The molecule has 0 saturated carbocycles. The molecule has 0 spiro atoms. The maximum atomic E-state index is 5.23. The van der Waals surface area contributed by atoms with Crippen LogP contribution >= 0.6 is 22.7 Å². The number of nitrogens with zero attached hydrogens (tertiary/aromatic N) is 2. The number of thiophene rings is 2. The number of fused-ring (bicyclic) bond motifs is 6. The van der Waals surface area contributed by atoms with Gasteiger partial charge in [0.05, 0.1) is 11.4 Å². The van der Waals surface area contributed by atoms with E-state index in [0.717, 1.165) is 33.6 Å². The van der Waals surface area contributed by atoms with Crippen LogP contribution in [0.5, 0.6) is 0 Å². The van der Waals surface area contributed by atoms with Crippen molar-refractivity contribution in [3.63, 3.8) is 0 Å². The van der Waals surface area contributed by atoms with Crippen LogP contribution in [0.25, 0.3) is 108 Å². The predicted octanol–water partition coefficient (Wildman–Crippen LogP) is 15.2. The van der Waals surface area contributed by atoms with Crippen LogP contribution in [0.3, 0.4) is 0 Å². The van der Waals surface area contributed by atoms with Crippen molar-refractivity contribution in [1.82, 2.24) is 9.97 Å². The lowest BCUT2D eigenvalue weighted by molar-refractivity contribution is 1.18. The summed E-state index contributed by atoms with van der Waals surface area (Å²) in [5.41, 5.74) is 12.0. The standard InChI is InChI=1S/C52H32N2S2/c1-2-11-33(12-3-1)38-13-8-14-39(31-38)52-53-44(36-27-23-34(24-28-36)40-17-9-21-48-50(40)42-15-4-6-19-46(42)55-48)32-45(54-52)37-29-25-35(26-30-37)41-18-10-22-49-51(41)43-16-5-7-20-47(43)56-49/h1-32H. The van der Waals surface area contributed by atoms with Gasteiger partial charge in [-0.2, -0.15) is 0 Å². The highest BCUT2D eigenvalue weighted by Crippen LogP contribution is 2.42. The molecular formula is C52H32N2S2. The third-order valence-corrected chi connectivity index (χ3v) is 13.0. The monoisotopic (exact) mass is 748 g/mol. The molecule has 0 atom stereocenters. The first-order valence-electron chi connectivity index (χ1n) is 18.8. The van der Waals surface area contributed by atoms with Gasteiger partial charge in [0.25, 0.3) is 0 Å². The van der Waals surface area contributed by atoms with Crippen molar-refractivity contribution in [2.24, 2.45) is 0 Å². The molecule has 0 aliphatic carbocycles. The Morgan fingerprint density at radius 3 is 1.27 bits per heavy atom. The van der Waals surface area contributed by atoms with Crippen LogP contribution in [0.15, 0.2) is 194 Å². The number of rotatable bonds is 6. The summed E-state index contributed by atoms with van der Waals surface area (Å²) in [6.45, 7) is 0. The van der Waals surface area contributed by atoms with Crippen LogP contribution in [0.4, 0.5) is 0 Å². The molecule has 56 heavy (non-hydrogen) atoms. The third kappa shape index (κ3) is 5.70. The maximum absolute atomic E-state index is 5.23. The lowest BCUT2D eigenvalue weighted by atomic mass is 9.97. The van der Waals surface area contributed by atoms with E-state index >= 15 is 0 Å². The molecule has 262 valence electrons. The van der Waals surface area contributed by atoms with E-state index in [1.165, 1.54) is 68.2 Å². The van der Waals surface area contributed by atoms with Gasteiger partial charge in [0.1, 0.15) is 0 Å². The fourth-order valence-electron chi connectivity index (χ4n) is 8.01. The lowest BCUT2D eigenvalue weighted by Gasteiger charge is -2.12. The molecule has 3 heterocycles. The van der Waals surface area contributed by atoms with Gasteiger partial charge in [-0.1, -0.05) is 158 Å². The predicted molar refractivity (Wildman–Crippen MR) is 240 cm³/mol. The molecule has 0 aliphatic heterocycles. The van der Waals surface area contributed by atoms with E-state index in [-0.39, 0.29) is 0 Å². The number of hydrogen-bond acceptors (Lipinski definition) is 4. The SMILES string of the molecule is c1ccc(-c2cccc(-c3nc(-c4ccc(-c5cccc6sc7ccccc7c56)cc4)cc(-c4ccc(-c5cccc6sc7ccccc7c56)cc4)n3)c2)cc1. The molecule has 2 nitrogen and oxygen atoms in total. The van der Waals surface area contributed by atoms with E-state index in [9.17, 15) is 0 Å². The van der Waals surface area contributed by atoms with Crippen molar-refractivity contribution in [2.75, 3.05) is 0 Å². The van der Waals surface area contributed by atoms with Crippen LogP contribution < -0.4 is 0 Å². The summed E-state index contributed by atoms with van der Waals surface area (Å²) in [5, 5.41) is 5.25. The first-order chi connectivity index (χ1) is 27.7. The Bertz CT molecular complexity index is 3050. The van der Waals surface area contributed by atoms with Gasteiger partial charge in [-0.15, -0.1) is 22.7 Å². The molecule has 0 bridgehead atoms. The van der Waals surface area contributed by atoms with E-state index in [1.54, 1.807) is 0 Å². The molecule has 4 heteroatoms. The Morgan fingerprint density at radius 1 is 0.286 bits per heavy atom. The quantitative estimate of drug-likeness (QED) is 0.169. The molecular weight excluding hydrogens is 717 g/mol. The van der Waals surface area contributed by atoms with E-state index in [4.69, 9.17) is 9.97 Å². The normalized spacial score (nSPS) is 11.6. The lowest BCUT2D eigenvalue weighted by Crippen LogP contribution is -1.96. The Morgan fingerprint density at radius 2 is 0.714 bits per heavy atom. The Labute approximate surface area is 332 Å². The summed E-state index contributed by atoms with van der Waals surface area (Å²) in [4.78, 5) is 10.5. The molecule has 3 aromatic heterocycles. The molecule has 0 N–H and O–H groups in total. The molecule has 8 aromatic carbocycles. The zero-order chi connectivity index (χ0) is 37.0. The minimum Gasteiger partial charge on any atom is -0.228 e. The summed E-state index contributed by atoms with van der Waals surface area (Å²) in [7, 11) is 0. The van der Waals surface area contributed by atoms with Gasteiger partial charge in [-0.3, -0.25) is 0 Å². The van der Waals surface area contributed by atoms with E-state index in [0.29, 0.717) is 5.82 Å². The molecule has 0 amide bonds. The average molecular weight is 749 g/mol. The number of hydrogen-bond donors (Lipinski definition) is 0. The zero-order valence-electron chi connectivity index (χ0n) is 30.2. The highest BCUT2D eigenvalue weighted by atomic mass is 32.1. The van der Waals surface area contributed by atoms with Crippen LogP contribution in [-0.4, -0.2) is 9.97 Å². The maximum Gasteiger partial charge on any atom is 0.160 e. The van der Waals surface area contributed by atoms with Crippen LogP contribution in [0.2, 0.25) is 0 Å². The fraction of sp³-hybridized carbons (Fsp3) is 0. The Balaban J connectivity index is 1.02. The Hall–Kier alpha value is -6.72. The van der Waals surface area contributed by atoms with E-state index in [1.807, 2.05) is 22.7 Å². The number of benzene rings is 8. The summed E-state index contributed by atoms with van der Waals surface area (Å²) in [6, 6.07) is 69.6. The largest absolute Gasteiger partial charge is 0.228 e. The summed E-state index contributed by atoms with van der Waals surface area (Å²) < 4.78 is 5.24. The molecule has 0 radical (unpaired) electrons. The van der Waals surface area contributed by atoms with Crippen molar-refractivity contribution in [3.8, 4) is 67.3 Å². The summed E-state index contributed by atoms with van der Waals surface area (Å²) in [5.74, 6) is 0.701. The highest BCUT2D eigenvalue weighted by molar-refractivity contribution is 7.26. The van der Waals surface area contributed by atoms with Gasteiger partial charge >= 0.3 is 0 Å². The topological polar surface area (TPSA) is 25.8 Å². The van der Waals surface area contributed by atoms with Crippen molar-refractivity contribution in [2.45, 2.75) is 0 Å². The van der Waals surface area contributed by atoms with Gasteiger partial charge in [0.15, 0.2) is 5.82 Å². The van der Waals surface area contributed by atoms with Crippen LogP contribution in [-0.2, 0) is 0 Å². The minimum absolute atomic E-state index is 0.701. The second kappa shape index (κ2) is 13.5.